The van der Waals surface area contributed by atoms with Crippen LogP contribution in [0.3, 0.4) is 0 Å². The van der Waals surface area contributed by atoms with Crippen molar-refractivity contribution < 1.29 is 19.5 Å². The molecule has 0 spiro atoms. The average molecular weight is 369 g/mol. The summed E-state index contributed by atoms with van der Waals surface area (Å²) >= 11 is 0. The maximum Gasteiger partial charge on any atom is 0.335 e. The Morgan fingerprint density at radius 1 is 0.750 bits per heavy atom. The Balaban J connectivity index is 1.59. The van der Waals surface area contributed by atoms with Crippen LogP contribution in [0.25, 0.3) is 12.2 Å². The van der Waals surface area contributed by atoms with Gasteiger partial charge in [-0.25, -0.2) is 9.69 Å². The van der Waals surface area contributed by atoms with Crippen LogP contribution >= 0.6 is 0 Å². The van der Waals surface area contributed by atoms with Crippen molar-refractivity contribution in [1.29, 1.82) is 0 Å². The van der Waals surface area contributed by atoms with Crippen molar-refractivity contribution in [1.82, 2.24) is 0 Å². The van der Waals surface area contributed by atoms with Gasteiger partial charge in [-0.05, 0) is 41.5 Å². The van der Waals surface area contributed by atoms with Crippen LogP contribution in [-0.4, -0.2) is 22.9 Å². The maximum atomic E-state index is 12.7. The van der Waals surface area contributed by atoms with Crippen LogP contribution in [-0.2, 0) is 0 Å². The third-order valence-corrected chi connectivity index (χ3v) is 4.55. The predicted molar refractivity (Wildman–Crippen MR) is 106 cm³/mol. The summed E-state index contributed by atoms with van der Waals surface area (Å²) in [5.41, 5.74) is 2.74. The van der Waals surface area contributed by atoms with Gasteiger partial charge in [-0.15, -0.1) is 0 Å². The zero-order valence-corrected chi connectivity index (χ0v) is 14.7. The molecule has 0 atom stereocenters. The van der Waals surface area contributed by atoms with Gasteiger partial charge in [0.2, 0.25) is 0 Å². The van der Waals surface area contributed by atoms with E-state index in [0.29, 0.717) is 5.69 Å². The van der Waals surface area contributed by atoms with Crippen LogP contribution in [0.1, 0.15) is 42.2 Å². The van der Waals surface area contributed by atoms with Crippen LogP contribution in [0.4, 0.5) is 5.69 Å². The van der Waals surface area contributed by atoms with Gasteiger partial charge in [0, 0.05) is 0 Å². The number of carbonyl (C=O) groups excluding carboxylic acids is 2. The molecule has 1 aliphatic rings. The Labute approximate surface area is 161 Å². The number of carboxylic acid groups (broad SMARTS) is 1. The number of carboxylic acids is 1. The lowest BCUT2D eigenvalue weighted by atomic mass is 10.1. The van der Waals surface area contributed by atoms with E-state index in [1.54, 1.807) is 12.1 Å². The summed E-state index contributed by atoms with van der Waals surface area (Å²) in [6, 6.07) is 20.9. The molecule has 4 rings (SSSR count). The van der Waals surface area contributed by atoms with Crippen LogP contribution < -0.4 is 4.90 Å². The molecule has 0 fully saturated rings. The predicted octanol–water partition coefficient (Wildman–Crippen LogP) is 4.36. The molecule has 0 saturated carbocycles. The number of hydrogen-bond donors (Lipinski definition) is 1. The zero-order chi connectivity index (χ0) is 19.7. The Kier molecular flexibility index (Phi) is 4.33. The lowest BCUT2D eigenvalue weighted by molar-refractivity contribution is 0.0696. The molecule has 28 heavy (non-hydrogen) atoms. The second-order valence-electron chi connectivity index (χ2n) is 6.35. The van der Waals surface area contributed by atoms with Crippen molar-refractivity contribution in [3.8, 4) is 0 Å². The molecule has 0 saturated heterocycles. The van der Waals surface area contributed by atoms with Gasteiger partial charge in [0.25, 0.3) is 11.8 Å². The number of rotatable bonds is 4. The number of benzene rings is 3. The highest BCUT2D eigenvalue weighted by Crippen LogP contribution is 2.29. The Morgan fingerprint density at radius 2 is 1.36 bits per heavy atom. The molecule has 0 aromatic heterocycles. The first-order valence-electron chi connectivity index (χ1n) is 8.64. The van der Waals surface area contributed by atoms with Crippen LogP contribution in [0, 0.1) is 0 Å². The van der Waals surface area contributed by atoms with Crippen molar-refractivity contribution >= 4 is 35.6 Å². The highest BCUT2D eigenvalue weighted by Gasteiger charge is 2.37. The summed E-state index contributed by atoms with van der Waals surface area (Å²) in [7, 11) is 0. The van der Waals surface area contributed by atoms with Gasteiger partial charge in [0.05, 0.1) is 22.4 Å². The Bertz CT molecular complexity index is 1120. The van der Waals surface area contributed by atoms with E-state index in [0.717, 1.165) is 16.0 Å². The second-order valence-corrected chi connectivity index (χ2v) is 6.35. The van der Waals surface area contributed by atoms with E-state index in [-0.39, 0.29) is 16.7 Å². The third-order valence-electron chi connectivity index (χ3n) is 4.55. The summed E-state index contributed by atoms with van der Waals surface area (Å²) in [5, 5.41) is 9.10. The Hall–Kier alpha value is -3.99. The highest BCUT2D eigenvalue weighted by molar-refractivity contribution is 6.34. The molecule has 0 aliphatic carbocycles. The molecule has 0 bridgehead atoms. The number of aromatic carboxylic acids is 1. The molecule has 136 valence electrons. The molecule has 2 amide bonds. The third kappa shape index (κ3) is 3.10. The molecule has 3 aromatic carbocycles. The largest absolute Gasteiger partial charge is 0.478 e. The minimum atomic E-state index is -1.14. The van der Waals surface area contributed by atoms with Crippen molar-refractivity contribution in [3.05, 3.63) is 101 Å². The normalized spacial score (nSPS) is 13.2. The molecule has 0 unspecified atom stereocenters. The molecule has 1 aliphatic heterocycles. The molecule has 1 heterocycles. The summed E-state index contributed by atoms with van der Waals surface area (Å²) in [6.45, 7) is 0. The van der Waals surface area contributed by atoms with E-state index in [1.165, 1.54) is 18.2 Å². The molecule has 0 radical (unpaired) electrons. The number of imide groups is 1. The summed E-state index contributed by atoms with van der Waals surface area (Å²) < 4.78 is 0. The standard InChI is InChI=1S/C23H15NO4/c25-21-19-13-10-17(23(27)28)14-20(19)22(26)24(21)18-11-8-16(9-12-18)7-6-15-4-2-1-3-5-15/h1-14H,(H,27,28)/b7-6+. The van der Waals surface area contributed by atoms with Gasteiger partial charge in [-0.2, -0.15) is 0 Å². The van der Waals surface area contributed by atoms with E-state index in [1.807, 2.05) is 54.6 Å². The minimum absolute atomic E-state index is 0.0249. The van der Waals surface area contributed by atoms with Gasteiger partial charge in [-0.3, -0.25) is 9.59 Å². The lowest BCUT2D eigenvalue weighted by Crippen LogP contribution is -2.29. The fourth-order valence-corrected chi connectivity index (χ4v) is 3.10. The fourth-order valence-electron chi connectivity index (χ4n) is 3.10. The molecule has 1 N–H and O–H groups in total. The fraction of sp³-hybridized carbons (Fsp3) is 0. The van der Waals surface area contributed by atoms with E-state index in [2.05, 4.69) is 0 Å². The molecule has 3 aromatic rings. The topological polar surface area (TPSA) is 74.7 Å². The van der Waals surface area contributed by atoms with Crippen LogP contribution in [0.2, 0.25) is 0 Å². The number of anilines is 1. The number of amides is 2. The molecule has 5 nitrogen and oxygen atoms in total. The lowest BCUT2D eigenvalue weighted by Gasteiger charge is -2.13. The van der Waals surface area contributed by atoms with Crippen molar-refractivity contribution in [2.45, 2.75) is 0 Å². The zero-order valence-electron chi connectivity index (χ0n) is 14.7. The molecular formula is C23H15NO4. The van der Waals surface area contributed by atoms with Gasteiger partial charge < -0.3 is 5.11 Å². The van der Waals surface area contributed by atoms with Crippen LogP contribution in [0.5, 0.6) is 0 Å². The first kappa shape index (κ1) is 17.4. The first-order chi connectivity index (χ1) is 13.5. The van der Waals surface area contributed by atoms with Gasteiger partial charge in [-0.1, -0.05) is 54.6 Å². The van der Waals surface area contributed by atoms with Crippen molar-refractivity contribution in [2.75, 3.05) is 4.90 Å². The Morgan fingerprint density at radius 3 is 2.00 bits per heavy atom. The van der Waals surface area contributed by atoms with E-state index < -0.39 is 17.8 Å². The number of nitrogens with zero attached hydrogens (tertiary/aromatic N) is 1. The first-order valence-corrected chi connectivity index (χ1v) is 8.64. The van der Waals surface area contributed by atoms with Gasteiger partial charge in [0.15, 0.2) is 0 Å². The van der Waals surface area contributed by atoms with E-state index in [4.69, 9.17) is 5.11 Å². The SMILES string of the molecule is O=C(O)c1ccc2c(c1)C(=O)N(c1ccc(/C=C/c3ccccc3)cc1)C2=O. The van der Waals surface area contributed by atoms with Crippen molar-refractivity contribution in [3.63, 3.8) is 0 Å². The maximum absolute atomic E-state index is 12.7. The second kappa shape index (κ2) is 6.96. The smallest absolute Gasteiger partial charge is 0.335 e. The molecule has 5 heteroatoms. The average Bonchev–Trinajstić information content (AvgIpc) is 2.97. The van der Waals surface area contributed by atoms with Crippen LogP contribution in [0.15, 0.2) is 72.8 Å². The summed E-state index contributed by atoms with van der Waals surface area (Å²) in [6.07, 6.45) is 3.92. The highest BCUT2D eigenvalue weighted by atomic mass is 16.4. The van der Waals surface area contributed by atoms with E-state index in [9.17, 15) is 14.4 Å². The minimum Gasteiger partial charge on any atom is -0.478 e. The number of fused-ring (bicyclic) bond motifs is 1. The monoisotopic (exact) mass is 369 g/mol. The summed E-state index contributed by atoms with van der Waals surface area (Å²) in [5.74, 6) is -2.11. The molecular weight excluding hydrogens is 354 g/mol. The number of carbonyl (C=O) groups is 3. The van der Waals surface area contributed by atoms with Crippen molar-refractivity contribution in [2.24, 2.45) is 0 Å². The van der Waals surface area contributed by atoms with Gasteiger partial charge >= 0.3 is 5.97 Å². The van der Waals surface area contributed by atoms with E-state index >= 15 is 0 Å². The van der Waals surface area contributed by atoms with Gasteiger partial charge in [0.1, 0.15) is 0 Å². The summed E-state index contributed by atoms with van der Waals surface area (Å²) in [4.78, 5) is 37.5. The number of hydrogen-bond acceptors (Lipinski definition) is 3. The quantitative estimate of drug-likeness (QED) is 0.548.